The molecule has 2 aromatic rings. The predicted molar refractivity (Wildman–Crippen MR) is 75.8 cm³/mol. The van der Waals surface area contributed by atoms with Gasteiger partial charge in [0.15, 0.2) is 11.5 Å². The van der Waals surface area contributed by atoms with Gasteiger partial charge in [-0.15, -0.1) is 0 Å². The third-order valence-corrected chi connectivity index (χ3v) is 3.23. The second kappa shape index (κ2) is 4.12. The van der Waals surface area contributed by atoms with E-state index in [1.165, 1.54) is 10.8 Å². The molecule has 1 aromatic heterocycles. The molecule has 0 aliphatic carbocycles. The van der Waals surface area contributed by atoms with Crippen LogP contribution in [0.4, 0.5) is 0 Å². The summed E-state index contributed by atoms with van der Waals surface area (Å²) in [6.45, 7) is 9.05. The van der Waals surface area contributed by atoms with Gasteiger partial charge in [0.05, 0.1) is 0 Å². The Bertz CT molecular complexity index is 641. The second-order valence-electron chi connectivity index (χ2n) is 6.37. The number of ether oxygens (including phenoxy) is 2. The Labute approximate surface area is 113 Å². The normalized spacial score (nSPS) is 14.1. The van der Waals surface area contributed by atoms with Crippen molar-refractivity contribution >= 4 is 10.8 Å². The number of hydrogen-bond acceptors (Lipinski definition) is 3. The van der Waals surface area contributed by atoms with Crippen molar-refractivity contribution < 1.29 is 9.47 Å². The van der Waals surface area contributed by atoms with E-state index in [2.05, 4.69) is 39.0 Å². The van der Waals surface area contributed by atoms with Crippen LogP contribution in [0, 0.1) is 12.3 Å². The summed E-state index contributed by atoms with van der Waals surface area (Å²) in [5, 5.41) is 2.35. The molecule has 19 heavy (non-hydrogen) atoms. The summed E-state index contributed by atoms with van der Waals surface area (Å²) >= 11 is 0. The van der Waals surface area contributed by atoms with E-state index in [0.29, 0.717) is 6.79 Å². The van der Waals surface area contributed by atoms with Gasteiger partial charge in [-0.05, 0) is 42.3 Å². The number of aromatic nitrogens is 1. The molecule has 0 saturated carbocycles. The largest absolute Gasteiger partial charge is 0.454 e. The highest BCUT2D eigenvalue weighted by Gasteiger charge is 2.19. The van der Waals surface area contributed by atoms with Gasteiger partial charge in [-0.2, -0.15) is 0 Å². The highest BCUT2D eigenvalue weighted by Crippen LogP contribution is 2.38. The molecule has 0 atom stereocenters. The van der Waals surface area contributed by atoms with Crippen LogP contribution in [0.25, 0.3) is 10.8 Å². The van der Waals surface area contributed by atoms with Crippen LogP contribution in [0.3, 0.4) is 0 Å². The SMILES string of the molecule is Cc1cc2cc3c(cc2c(CC(C)(C)C)n1)OCO3. The molecule has 1 aromatic carbocycles. The van der Waals surface area contributed by atoms with E-state index in [9.17, 15) is 0 Å². The summed E-state index contributed by atoms with van der Waals surface area (Å²) in [4.78, 5) is 4.72. The summed E-state index contributed by atoms with van der Waals surface area (Å²) in [5.41, 5.74) is 2.40. The molecule has 0 radical (unpaired) electrons. The second-order valence-corrected chi connectivity index (χ2v) is 6.37. The average molecular weight is 257 g/mol. The zero-order chi connectivity index (χ0) is 13.6. The van der Waals surface area contributed by atoms with Crippen LogP contribution in [0.1, 0.15) is 32.2 Å². The molecule has 0 N–H and O–H groups in total. The molecule has 100 valence electrons. The summed E-state index contributed by atoms with van der Waals surface area (Å²) < 4.78 is 10.9. The Kier molecular flexibility index (Phi) is 2.66. The maximum atomic E-state index is 5.47. The van der Waals surface area contributed by atoms with Crippen molar-refractivity contribution in [3.05, 3.63) is 29.6 Å². The van der Waals surface area contributed by atoms with Crippen molar-refractivity contribution in [1.82, 2.24) is 4.98 Å². The topological polar surface area (TPSA) is 31.4 Å². The quantitative estimate of drug-likeness (QED) is 0.777. The van der Waals surface area contributed by atoms with Crippen molar-refractivity contribution in [2.75, 3.05) is 6.79 Å². The highest BCUT2D eigenvalue weighted by molar-refractivity contribution is 5.88. The van der Waals surface area contributed by atoms with E-state index in [1.54, 1.807) is 0 Å². The number of aryl methyl sites for hydroxylation is 1. The van der Waals surface area contributed by atoms with Crippen LogP contribution in [0.15, 0.2) is 18.2 Å². The van der Waals surface area contributed by atoms with Gasteiger partial charge in [0.25, 0.3) is 0 Å². The van der Waals surface area contributed by atoms with E-state index in [1.807, 2.05) is 6.92 Å². The average Bonchev–Trinajstić information content (AvgIpc) is 2.71. The minimum atomic E-state index is 0.212. The van der Waals surface area contributed by atoms with Crippen molar-refractivity contribution in [2.45, 2.75) is 34.1 Å². The van der Waals surface area contributed by atoms with E-state index in [0.717, 1.165) is 29.3 Å². The van der Waals surface area contributed by atoms with Crippen LogP contribution in [-0.4, -0.2) is 11.8 Å². The van der Waals surface area contributed by atoms with Crippen LogP contribution >= 0.6 is 0 Å². The molecule has 3 heteroatoms. The first kappa shape index (κ1) is 12.3. The molecule has 0 saturated heterocycles. The molecule has 0 amide bonds. The van der Waals surface area contributed by atoms with Crippen LogP contribution in [0.2, 0.25) is 0 Å². The lowest BCUT2D eigenvalue weighted by Gasteiger charge is -2.19. The molecule has 0 bridgehead atoms. The molecule has 3 rings (SSSR count). The Morgan fingerprint density at radius 1 is 1.11 bits per heavy atom. The molecule has 0 spiro atoms. The smallest absolute Gasteiger partial charge is 0.231 e. The fourth-order valence-corrected chi connectivity index (χ4v) is 2.49. The Balaban J connectivity index is 2.20. The van der Waals surface area contributed by atoms with Crippen LogP contribution in [-0.2, 0) is 6.42 Å². The van der Waals surface area contributed by atoms with Gasteiger partial charge in [-0.3, -0.25) is 4.98 Å². The summed E-state index contributed by atoms with van der Waals surface area (Å²) in [6.07, 6.45) is 0.949. The van der Waals surface area contributed by atoms with Crippen LogP contribution in [0.5, 0.6) is 11.5 Å². The number of hydrogen-bond donors (Lipinski definition) is 0. The third-order valence-electron chi connectivity index (χ3n) is 3.23. The summed E-state index contributed by atoms with van der Waals surface area (Å²) in [5.74, 6) is 1.66. The fourth-order valence-electron chi connectivity index (χ4n) is 2.49. The van der Waals surface area contributed by atoms with E-state index < -0.39 is 0 Å². The highest BCUT2D eigenvalue weighted by atomic mass is 16.7. The van der Waals surface area contributed by atoms with E-state index in [-0.39, 0.29) is 5.41 Å². The molecule has 0 unspecified atom stereocenters. The summed E-state index contributed by atoms with van der Waals surface area (Å²) in [7, 11) is 0. The molecule has 3 nitrogen and oxygen atoms in total. The Morgan fingerprint density at radius 2 is 1.79 bits per heavy atom. The van der Waals surface area contributed by atoms with E-state index in [4.69, 9.17) is 14.5 Å². The first-order valence-corrected chi connectivity index (χ1v) is 6.62. The van der Waals surface area contributed by atoms with Crippen molar-refractivity contribution in [3.8, 4) is 11.5 Å². The molecule has 2 heterocycles. The Morgan fingerprint density at radius 3 is 2.47 bits per heavy atom. The van der Waals surface area contributed by atoms with Crippen molar-refractivity contribution in [3.63, 3.8) is 0 Å². The first-order chi connectivity index (χ1) is 8.92. The lowest BCUT2D eigenvalue weighted by Crippen LogP contribution is -2.11. The molecular formula is C16H19NO2. The van der Waals surface area contributed by atoms with E-state index >= 15 is 0 Å². The van der Waals surface area contributed by atoms with Crippen molar-refractivity contribution in [1.29, 1.82) is 0 Å². The number of fused-ring (bicyclic) bond motifs is 2. The molecular weight excluding hydrogens is 238 g/mol. The summed E-state index contributed by atoms with van der Waals surface area (Å²) in [6, 6.07) is 6.22. The van der Waals surface area contributed by atoms with Gasteiger partial charge >= 0.3 is 0 Å². The number of benzene rings is 1. The first-order valence-electron chi connectivity index (χ1n) is 6.62. The Hall–Kier alpha value is -1.77. The molecule has 1 aliphatic heterocycles. The zero-order valence-electron chi connectivity index (χ0n) is 11.9. The van der Waals surface area contributed by atoms with Crippen LogP contribution < -0.4 is 9.47 Å². The maximum absolute atomic E-state index is 5.47. The van der Waals surface area contributed by atoms with Gasteiger partial charge in [-0.1, -0.05) is 20.8 Å². The fraction of sp³-hybridized carbons (Fsp3) is 0.438. The van der Waals surface area contributed by atoms with Gasteiger partial charge in [0.2, 0.25) is 6.79 Å². The standard InChI is InChI=1S/C16H19NO2/c1-10-5-11-6-14-15(19-9-18-14)7-12(11)13(17-10)8-16(2,3)4/h5-7H,8-9H2,1-4H3. The lowest BCUT2D eigenvalue weighted by molar-refractivity contribution is 0.174. The van der Waals surface area contributed by atoms with Gasteiger partial charge in [0.1, 0.15) is 0 Å². The predicted octanol–water partition coefficient (Wildman–Crippen LogP) is 3.86. The third kappa shape index (κ3) is 2.37. The number of pyridine rings is 1. The van der Waals surface area contributed by atoms with Gasteiger partial charge in [0, 0.05) is 16.8 Å². The number of rotatable bonds is 1. The minimum Gasteiger partial charge on any atom is -0.454 e. The molecule has 0 fully saturated rings. The van der Waals surface area contributed by atoms with Crippen molar-refractivity contribution in [2.24, 2.45) is 5.41 Å². The molecule has 1 aliphatic rings. The van der Waals surface area contributed by atoms with Gasteiger partial charge in [-0.25, -0.2) is 0 Å². The van der Waals surface area contributed by atoms with Gasteiger partial charge < -0.3 is 9.47 Å². The lowest BCUT2D eigenvalue weighted by atomic mass is 9.88. The minimum absolute atomic E-state index is 0.212. The monoisotopic (exact) mass is 257 g/mol. The zero-order valence-corrected chi connectivity index (χ0v) is 11.9. The maximum Gasteiger partial charge on any atom is 0.231 e. The number of nitrogens with zero attached hydrogens (tertiary/aromatic N) is 1.